The SMILES string of the molecule is COc1ccc(NC(=O)c2csc(C3CCN(C(=O)c4c(F)cccc4Cl)CC3)n2)cn1. The minimum Gasteiger partial charge on any atom is -0.481 e. The molecule has 0 spiro atoms. The minimum absolute atomic E-state index is 0.0890. The third-order valence-corrected chi connectivity index (χ3v) is 6.59. The highest BCUT2D eigenvalue weighted by atomic mass is 35.5. The van der Waals surface area contributed by atoms with E-state index in [0.29, 0.717) is 43.2 Å². The van der Waals surface area contributed by atoms with E-state index in [2.05, 4.69) is 15.3 Å². The number of methoxy groups -OCH3 is 1. The summed E-state index contributed by atoms with van der Waals surface area (Å²) in [5.41, 5.74) is 0.787. The van der Waals surface area contributed by atoms with Crippen LogP contribution in [0.5, 0.6) is 5.88 Å². The van der Waals surface area contributed by atoms with Gasteiger partial charge in [-0.05, 0) is 31.0 Å². The molecule has 0 atom stereocenters. The molecule has 1 saturated heterocycles. The van der Waals surface area contributed by atoms with Crippen molar-refractivity contribution < 1.29 is 18.7 Å². The molecule has 4 rings (SSSR count). The Morgan fingerprint density at radius 3 is 2.69 bits per heavy atom. The number of halogens is 2. The number of carbonyl (C=O) groups excluding carboxylic acids is 2. The Bertz CT molecular complexity index is 1110. The van der Waals surface area contributed by atoms with Crippen LogP contribution in [0.1, 0.15) is 44.6 Å². The molecule has 0 unspecified atom stereocenters. The molecule has 1 aliphatic rings. The van der Waals surface area contributed by atoms with Gasteiger partial charge in [-0.1, -0.05) is 17.7 Å². The van der Waals surface area contributed by atoms with Crippen molar-refractivity contribution in [2.75, 3.05) is 25.5 Å². The van der Waals surface area contributed by atoms with Crippen LogP contribution >= 0.6 is 22.9 Å². The number of anilines is 1. The summed E-state index contributed by atoms with van der Waals surface area (Å²) in [6, 6.07) is 7.57. The lowest BCUT2D eigenvalue weighted by Crippen LogP contribution is -2.38. The number of aromatic nitrogens is 2. The smallest absolute Gasteiger partial charge is 0.275 e. The fraction of sp³-hybridized carbons (Fsp3) is 0.273. The molecule has 0 bridgehead atoms. The van der Waals surface area contributed by atoms with Gasteiger partial charge in [0.25, 0.3) is 11.8 Å². The first-order chi connectivity index (χ1) is 15.5. The molecular weight excluding hydrogens is 455 g/mol. The first-order valence-electron chi connectivity index (χ1n) is 9.96. The van der Waals surface area contributed by atoms with E-state index in [1.165, 1.54) is 42.8 Å². The first kappa shape index (κ1) is 22.2. The Balaban J connectivity index is 1.36. The summed E-state index contributed by atoms with van der Waals surface area (Å²) in [6.07, 6.45) is 2.86. The number of nitrogens with zero attached hydrogens (tertiary/aromatic N) is 3. The minimum atomic E-state index is -0.618. The number of nitrogens with one attached hydrogen (secondary N) is 1. The number of piperidine rings is 1. The fourth-order valence-electron chi connectivity index (χ4n) is 3.54. The highest BCUT2D eigenvalue weighted by Crippen LogP contribution is 2.32. The molecule has 3 heterocycles. The van der Waals surface area contributed by atoms with Gasteiger partial charge < -0.3 is 15.0 Å². The van der Waals surface area contributed by atoms with E-state index in [4.69, 9.17) is 16.3 Å². The molecule has 0 aliphatic carbocycles. The predicted molar refractivity (Wildman–Crippen MR) is 120 cm³/mol. The molecule has 0 radical (unpaired) electrons. The third-order valence-electron chi connectivity index (χ3n) is 5.27. The van der Waals surface area contributed by atoms with Gasteiger partial charge in [0.1, 0.15) is 11.5 Å². The monoisotopic (exact) mass is 474 g/mol. The number of ether oxygens (including phenoxy) is 1. The second-order valence-electron chi connectivity index (χ2n) is 7.28. The van der Waals surface area contributed by atoms with E-state index in [9.17, 15) is 14.0 Å². The Kier molecular flexibility index (Phi) is 6.66. The average Bonchev–Trinajstić information content (AvgIpc) is 3.30. The molecule has 1 aliphatic heterocycles. The Morgan fingerprint density at radius 2 is 2.03 bits per heavy atom. The average molecular weight is 475 g/mol. The lowest BCUT2D eigenvalue weighted by molar-refractivity contribution is 0.0708. The number of rotatable bonds is 5. The van der Waals surface area contributed by atoms with Gasteiger partial charge in [-0.2, -0.15) is 0 Å². The van der Waals surface area contributed by atoms with Crippen LogP contribution in [0.4, 0.5) is 10.1 Å². The Hall–Kier alpha value is -3.04. The number of hydrogen-bond acceptors (Lipinski definition) is 6. The molecule has 2 amide bonds. The van der Waals surface area contributed by atoms with E-state index >= 15 is 0 Å². The second kappa shape index (κ2) is 9.62. The lowest BCUT2D eigenvalue weighted by Gasteiger charge is -2.31. The van der Waals surface area contributed by atoms with Crippen LogP contribution < -0.4 is 10.1 Å². The largest absolute Gasteiger partial charge is 0.481 e. The van der Waals surface area contributed by atoms with Gasteiger partial charge >= 0.3 is 0 Å². The van der Waals surface area contributed by atoms with Crippen LogP contribution in [-0.2, 0) is 0 Å². The van der Waals surface area contributed by atoms with Crippen molar-refractivity contribution >= 4 is 40.4 Å². The van der Waals surface area contributed by atoms with Crippen LogP contribution in [0.3, 0.4) is 0 Å². The normalized spacial score (nSPS) is 14.3. The number of benzene rings is 1. The van der Waals surface area contributed by atoms with Gasteiger partial charge in [-0.25, -0.2) is 14.4 Å². The maximum Gasteiger partial charge on any atom is 0.275 e. The number of thiazole rings is 1. The number of carbonyl (C=O) groups is 2. The molecule has 2 aromatic heterocycles. The highest BCUT2D eigenvalue weighted by molar-refractivity contribution is 7.10. The number of hydrogen-bond donors (Lipinski definition) is 1. The zero-order chi connectivity index (χ0) is 22.7. The molecule has 1 aromatic carbocycles. The van der Waals surface area contributed by atoms with Gasteiger partial charge in [0.15, 0.2) is 0 Å². The lowest BCUT2D eigenvalue weighted by atomic mass is 9.97. The van der Waals surface area contributed by atoms with Gasteiger partial charge in [0.2, 0.25) is 5.88 Å². The number of likely N-dealkylation sites (tertiary alicyclic amines) is 1. The first-order valence-corrected chi connectivity index (χ1v) is 11.2. The summed E-state index contributed by atoms with van der Waals surface area (Å²) in [6.45, 7) is 0.930. The highest BCUT2D eigenvalue weighted by Gasteiger charge is 2.29. The summed E-state index contributed by atoms with van der Waals surface area (Å²) in [7, 11) is 1.52. The quantitative estimate of drug-likeness (QED) is 0.583. The molecule has 32 heavy (non-hydrogen) atoms. The van der Waals surface area contributed by atoms with Crippen LogP contribution in [0.15, 0.2) is 41.9 Å². The van der Waals surface area contributed by atoms with Gasteiger partial charge in [0.05, 0.1) is 34.6 Å². The van der Waals surface area contributed by atoms with Crippen molar-refractivity contribution in [3.63, 3.8) is 0 Å². The maximum absolute atomic E-state index is 14.1. The van der Waals surface area contributed by atoms with E-state index in [-0.39, 0.29) is 22.4 Å². The van der Waals surface area contributed by atoms with E-state index in [1.54, 1.807) is 22.4 Å². The molecule has 1 fully saturated rings. The standard InChI is InChI=1S/C22H20ClFN4O3S/c1-31-18-6-5-14(11-25-18)26-20(29)17-12-32-21(27-17)13-7-9-28(10-8-13)22(30)19-15(23)3-2-4-16(19)24/h2-6,11-13H,7-10H2,1H3,(H,26,29). The summed E-state index contributed by atoms with van der Waals surface area (Å²) in [5, 5.41) is 5.44. The van der Waals surface area contributed by atoms with E-state index in [0.717, 1.165) is 5.01 Å². The summed E-state index contributed by atoms with van der Waals surface area (Å²) in [5.74, 6) is -0.752. The van der Waals surface area contributed by atoms with Gasteiger partial charge in [-0.15, -0.1) is 11.3 Å². The Labute approximate surface area is 193 Å². The second-order valence-corrected chi connectivity index (χ2v) is 8.57. The zero-order valence-corrected chi connectivity index (χ0v) is 18.8. The Morgan fingerprint density at radius 1 is 1.25 bits per heavy atom. The topological polar surface area (TPSA) is 84.4 Å². The van der Waals surface area contributed by atoms with Crippen molar-refractivity contribution in [3.05, 3.63) is 69.0 Å². The van der Waals surface area contributed by atoms with E-state index < -0.39 is 11.7 Å². The van der Waals surface area contributed by atoms with Gasteiger partial charge in [-0.3, -0.25) is 9.59 Å². The van der Waals surface area contributed by atoms with Crippen LogP contribution in [-0.4, -0.2) is 46.9 Å². The molecule has 7 nitrogen and oxygen atoms in total. The summed E-state index contributed by atoms with van der Waals surface area (Å²) in [4.78, 5) is 35.4. The zero-order valence-electron chi connectivity index (χ0n) is 17.2. The molecule has 166 valence electrons. The van der Waals surface area contributed by atoms with E-state index in [1.807, 2.05) is 0 Å². The summed E-state index contributed by atoms with van der Waals surface area (Å²) >= 11 is 7.45. The van der Waals surface area contributed by atoms with Crippen molar-refractivity contribution in [2.45, 2.75) is 18.8 Å². The van der Waals surface area contributed by atoms with Gasteiger partial charge in [0, 0.05) is 30.5 Å². The predicted octanol–water partition coefficient (Wildman–Crippen LogP) is 4.61. The molecule has 3 aromatic rings. The maximum atomic E-state index is 14.1. The molecule has 1 N–H and O–H groups in total. The molecular formula is C22H20ClFN4O3S. The van der Waals surface area contributed by atoms with Crippen LogP contribution in [0.25, 0.3) is 0 Å². The third kappa shape index (κ3) is 4.73. The number of amides is 2. The van der Waals surface area contributed by atoms with Crippen molar-refractivity contribution in [1.29, 1.82) is 0 Å². The van der Waals surface area contributed by atoms with Crippen LogP contribution in [0, 0.1) is 5.82 Å². The van der Waals surface area contributed by atoms with Crippen molar-refractivity contribution in [2.24, 2.45) is 0 Å². The number of pyridine rings is 1. The van der Waals surface area contributed by atoms with Crippen LogP contribution in [0.2, 0.25) is 5.02 Å². The molecule has 0 saturated carbocycles. The van der Waals surface area contributed by atoms with Crippen molar-refractivity contribution in [3.8, 4) is 5.88 Å². The fourth-order valence-corrected chi connectivity index (χ4v) is 4.75. The summed E-state index contributed by atoms with van der Waals surface area (Å²) < 4.78 is 19.1. The van der Waals surface area contributed by atoms with Crippen molar-refractivity contribution in [1.82, 2.24) is 14.9 Å². The molecule has 10 heteroatoms.